The zero-order chi connectivity index (χ0) is 26.7. The molecular weight excluding hydrogens is 474 g/mol. The molecule has 0 aromatic carbocycles. The molecule has 0 aromatic heterocycles. The molecule has 0 aliphatic heterocycles. The Balaban J connectivity index is 1.80. The molecule has 0 aromatic rings. The van der Waals surface area contributed by atoms with Crippen molar-refractivity contribution in [3.8, 4) is 0 Å². The van der Waals surface area contributed by atoms with Gasteiger partial charge in [0.15, 0.2) is 23.7 Å². The maximum atomic E-state index is 17.2. The van der Waals surface area contributed by atoms with E-state index in [1.165, 1.54) is 19.1 Å². The third-order valence-electron chi connectivity index (χ3n) is 9.35. The second-order valence-electron chi connectivity index (χ2n) is 11.2. The summed E-state index contributed by atoms with van der Waals surface area (Å²) in [4.78, 5) is 49.6. The maximum Gasteiger partial charge on any atom is 0.306 e. The normalized spacial score (nSPS) is 43.1. The summed E-state index contributed by atoms with van der Waals surface area (Å²) in [6.07, 6.45) is 0.783. The molecule has 7 nitrogen and oxygen atoms in total. The lowest BCUT2D eigenvalue weighted by Crippen LogP contribution is -2.70. The van der Waals surface area contributed by atoms with Gasteiger partial charge in [0, 0.05) is 30.1 Å². The summed E-state index contributed by atoms with van der Waals surface area (Å²) in [5.74, 6) is -3.96. The molecule has 36 heavy (non-hydrogen) atoms. The lowest BCUT2D eigenvalue weighted by molar-refractivity contribution is -0.229. The van der Waals surface area contributed by atoms with Gasteiger partial charge in [0.1, 0.15) is 6.17 Å². The molecule has 0 radical (unpaired) electrons. The number of fused-ring (bicyclic) bond motifs is 5. The molecule has 4 aliphatic carbocycles. The molecule has 0 saturated heterocycles. The van der Waals surface area contributed by atoms with Crippen molar-refractivity contribution in [3.05, 3.63) is 23.8 Å². The van der Waals surface area contributed by atoms with Crippen LogP contribution in [0.1, 0.15) is 66.2 Å². The second-order valence-corrected chi connectivity index (χ2v) is 11.2. The maximum absolute atomic E-state index is 17.2. The third-order valence-corrected chi connectivity index (χ3v) is 9.35. The van der Waals surface area contributed by atoms with Gasteiger partial charge in [0.25, 0.3) is 0 Å². The van der Waals surface area contributed by atoms with Crippen molar-refractivity contribution < 1.29 is 42.5 Å². The molecule has 0 heterocycles. The molecule has 8 atom stereocenters. The first kappa shape index (κ1) is 26.6. The fourth-order valence-electron chi connectivity index (χ4n) is 7.61. The molecule has 4 aliphatic rings. The van der Waals surface area contributed by atoms with Gasteiger partial charge in [-0.1, -0.05) is 19.9 Å². The van der Waals surface area contributed by atoms with Crippen LogP contribution in [0.4, 0.5) is 8.78 Å². The van der Waals surface area contributed by atoms with Crippen molar-refractivity contribution in [2.24, 2.45) is 22.7 Å². The highest BCUT2D eigenvalue weighted by Crippen LogP contribution is 2.70. The SMILES string of the molecule is CCCC(=O)O[C@@]1(C(=O)COC(C)=O)CC[C@@H]2[C@H]3C[C@H](F)C4=CC(=O)C=C[C@]4(C)[C@]3(F)[C@@H](O)C[C@@]21C. The highest BCUT2D eigenvalue weighted by Gasteiger charge is 2.76. The molecule has 0 bridgehead atoms. The summed E-state index contributed by atoms with van der Waals surface area (Å²) in [7, 11) is 0. The Labute approximate surface area is 209 Å². The molecular formula is C27H34F2O7. The number of hydrogen-bond acceptors (Lipinski definition) is 7. The Morgan fingerprint density at radius 2 is 1.92 bits per heavy atom. The number of rotatable bonds is 6. The predicted molar refractivity (Wildman–Crippen MR) is 124 cm³/mol. The summed E-state index contributed by atoms with van der Waals surface area (Å²) in [6.45, 7) is 5.50. The van der Waals surface area contributed by atoms with E-state index in [0.717, 1.165) is 13.0 Å². The fourth-order valence-corrected chi connectivity index (χ4v) is 7.61. The molecule has 3 saturated carbocycles. The average molecular weight is 509 g/mol. The van der Waals surface area contributed by atoms with E-state index >= 15 is 8.78 Å². The summed E-state index contributed by atoms with van der Waals surface area (Å²) >= 11 is 0. The van der Waals surface area contributed by atoms with Gasteiger partial charge in [-0.3, -0.25) is 19.2 Å². The van der Waals surface area contributed by atoms with E-state index in [9.17, 15) is 24.3 Å². The minimum absolute atomic E-state index is 0.0148. The Hall–Kier alpha value is -2.42. The largest absolute Gasteiger partial charge is 0.458 e. The number of alkyl halides is 2. The monoisotopic (exact) mass is 508 g/mol. The topological polar surface area (TPSA) is 107 Å². The van der Waals surface area contributed by atoms with E-state index in [1.807, 2.05) is 0 Å². The molecule has 0 amide bonds. The smallest absolute Gasteiger partial charge is 0.306 e. The summed E-state index contributed by atoms with van der Waals surface area (Å²) in [6, 6.07) is 0. The summed E-state index contributed by atoms with van der Waals surface area (Å²) < 4.78 is 43.6. The Kier molecular flexibility index (Phi) is 6.55. The number of aliphatic hydroxyl groups excluding tert-OH is 1. The first-order valence-corrected chi connectivity index (χ1v) is 12.6. The number of carbonyl (C=O) groups is 4. The van der Waals surface area contributed by atoms with Gasteiger partial charge in [-0.15, -0.1) is 0 Å². The molecule has 3 fully saturated rings. The van der Waals surface area contributed by atoms with Crippen molar-refractivity contribution in [3.63, 3.8) is 0 Å². The van der Waals surface area contributed by atoms with Crippen LogP contribution in [0.2, 0.25) is 0 Å². The molecule has 1 N–H and O–H groups in total. The number of ketones is 2. The van der Waals surface area contributed by atoms with E-state index in [1.54, 1.807) is 13.8 Å². The van der Waals surface area contributed by atoms with E-state index in [-0.39, 0.29) is 37.7 Å². The van der Waals surface area contributed by atoms with Crippen LogP contribution in [0.5, 0.6) is 0 Å². The van der Waals surface area contributed by atoms with Crippen LogP contribution < -0.4 is 0 Å². The quantitative estimate of drug-likeness (QED) is 0.547. The highest BCUT2D eigenvalue weighted by molar-refractivity contribution is 6.01. The Morgan fingerprint density at radius 1 is 1.22 bits per heavy atom. The van der Waals surface area contributed by atoms with E-state index in [2.05, 4.69) is 0 Å². The fraction of sp³-hybridized carbons (Fsp3) is 0.704. The van der Waals surface area contributed by atoms with Crippen LogP contribution in [-0.2, 0) is 28.7 Å². The summed E-state index contributed by atoms with van der Waals surface area (Å²) in [5.41, 5.74) is -6.80. The van der Waals surface area contributed by atoms with E-state index < -0.39 is 76.3 Å². The number of hydrogen-bond donors (Lipinski definition) is 1. The van der Waals surface area contributed by atoms with Gasteiger partial charge in [0.05, 0.1) is 6.10 Å². The second kappa shape index (κ2) is 8.85. The minimum atomic E-state index is -2.30. The third kappa shape index (κ3) is 3.52. The molecule has 0 unspecified atom stereocenters. The minimum Gasteiger partial charge on any atom is -0.458 e. The van der Waals surface area contributed by atoms with Gasteiger partial charge < -0.3 is 14.6 Å². The number of Topliss-reactive ketones (excluding diaryl/α,β-unsaturated/α-hetero) is 1. The number of carbonyl (C=O) groups excluding carboxylic acids is 4. The molecule has 9 heteroatoms. The standard InChI is InChI=1S/C27H34F2O7/c1-5-6-23(34)36-26(22(33)14-35-15(2)30)10-8-17-18-12-20(28)19-11-16(31)7-9-24(19,3)27(18,29)21(32)13-25(17,26)4/h7,9,11,17-18,20-21,32H,5-6,8,10,12-14H2,1-4H3/t17-,18-,20+,21+,24+,25+,26-,27-/m1/s1. The average Bonchev–Trinajstić information content (AvgIpc) is 3.08. The molecule has 198 valence electrons. The van der Waals surface area contributed by atoms with Crippen molar-refractivity contribution in [2.45, 2.75) is 89.8 Å². The Morgan fingerprint density at radius 3 is 2.56 bits per heavy atom. The van der Waals surface area contributed by atoms with Crippen LogP contribution in [0.25, 0.3) is 0 Å². The predicted octanol–water partition coefficient (Wildman–Crippen LogP) is 3.52. The zero-order valence-electron chi connectivity index (χ0n) is 21.1. The summed E-state index contributed by atoms with van der Waals surface area (Å²) in [5, 5.41) is 11.4. The lowest BCUT2D eigenvalue weighted by Gasteiger charge is -2.63. The first-order valence-electron chi connectivity index (χ1n) is 12.6. The number of allylic oxidation sites excluding steroid dienone is 4. The van der Waals surface area contributed by atoms with Gasteiger partial charge in [-0.05, 0) is 62.7 Å². The van der Waals surface area contributed by atoms with Crippen LogP contribution in [-0.4, -0.2) is 58.8 Å². The van der Waals surface area contributed by atoms with Gasteiger partial charge in [0.2, 0.25) is 5.78 Å². The molecule has 4 rings (SSSR count). The number of esters is 2. The number of aliphatic hydroxyl groups is 1. The lowest BCUT2D eigenvalue weighted by atomic mass is 9.44. The number of ether oxygens (including phenoxy) is 2. The Bertz CT molecular complexity index is 1050. The molecule has 0 spiro atoms. The first-order chi connectivity index (χ1) is 16.8. The van der Waals surface area contributed by atoms with Crippen LogP contribution >= 0.6 is 0 Å². The van der Waals surface area contributed by atoms with Crippen molar-refractivity contribution in [1.29, 1.82) is 0 Å². The number of halogens is 2. The highest BCUT2D eigenvalue weighted by atomic mass is 19.1. The van der Waals surface area contributed by atoms with Crippen molar-refractivity contribution >= 4 is 23.5 Å². The van der Waals surface area contributed by atoms with Gasteiger partial charge >= 0.3 is 11.9 Å². The van der Waals surface area contributed by atoms with Crippen LogP contribution in [0, 0.1) is 22.7 Å². The van der Waals surface area contributed by atoms with Crippen LogP contribution in [0.3, 0.4) is 0 Å². The zero-order valence-corrected chi connectivity index (χ0v) is 21.1. The van der Waals surface area contributed by atoms with Gasteiger partial charge in [-0.25, -0.2) is 8.78 Å². The van der Waals surface area contributed by atoms with Gasteiger partial charge in [-0.2, -0.15) is 0 Å². The van der Waals surface area contributed by atoms with E-state index in [4.69, 9.17) is 9.47 Å². The van der Waals surface area contributed by atoms with Crippen molar-refractivity contribution in [2.75, 3.05) is 6.61 Å². The van der Waals surface area contributed by atoms with Crippen molar-refractivity contribution in [1.82, 2.24) is 0 Å². The van der Waals surface area contributed by atoms with E-state index in [0.29, 0.717) is 6.42 Å². The van der Waals surface area contributed by atoms with Crippen LogP contribution in [0.15, 0.2) is 23.8 Å².